The molecule has 0 spiro atoms. The van der Waals surface area contributed by atoms with Crippen molar-refractivity contribution in [1.29, 1.82) is 0 Å². The van der Waals surface area contributed by atoms with E-state index in [-0.39, 0.29) is 47.2 Å². The number of fused-ring (bicyclic) bond motifs is 2. The number of phenolic OH excluding ortho intramolecular Hbond substituents is 1. The molecule has 0 aromatic heterocycles. The van der Waals surface area contributed by atoms with Crippen molar-refractivity contribution in [3.8, 4) is 11.5 Å². The molecule has 1 fully saturated rings. The second-order valence-electron chi connectivity index (χ2n) is 5.70. The van der Waals surface area contributed by atoms with Gasteiger partial charge in [-0.25, -0.2) is 0 Å². The largest absolute Gasteiger partial charge is 0.508 e. The smallest absolute Gasteiger partial charge is 0.173 e. The Morgan fingerprint density at radius 1 is 1.29 bits per heavy atom. The molecule has 6 heteroatoms. The minimum Gasteiger partial charge on any atom is -0.508 e. The van der Waals surface area contributed by atoms with Crippen LogP contribution in [0.25, 0.3) is 0 Å². The summed E-state index contributed by atoms with van der Waals surface area (Å²) in [7, 11) is 1.38. The molecule has 0 bridgehead atoms. The molecule has 112 valence electrons. The SMILES string of the molecule is COc1cc(O)cc2c1C(=O)C1CO[C@@](C)(O)CC1C2=O. The van der Waals surface area contributed by atoms with Crippen molar-refractivity contribution in [3.63, 3.8) is 0 Å². The fraction of sp³-hybridized carbons (Fsp3) is 0.467. The zero-order valence-electron chi connectivity index (χ0n) is 11.8. The highest BCUT2D eigenvalue weighted by Crippen LogP contribution is 2.43. The molecule has 1 aliphatic carbocycles. The van der Waals surface area contributed by atoms with Gasteiger partial charge in [-0.2, -0.15) is 0 Å². The number of Topliss-reactive ketones (excluding diaryl/α,β-unsaturated/α-hetero) is 2. The Balaban J connectivity index is 2.14. The maximum atomic E-state index is 12.6. The van der Waals surface area contributed by atoms with Crippen molar-refractivity contribution in [2.24, 2.45) is 11.8 Å². The zero-order valence-corrected chi connectivity index (χ0v) is 11.8. The maximum Gasteiger partial charge on any atom is 0.173 e. The third kappa shape index (κ3) is 2.11. The predicted molar refractivity (Wildman–Crippen MR) is 71.5 cm³/mol. The number of ether oxygens (including phenoxy) is 2. The van der Waals surface area contributed by atoms with E-state index in [2.05, 4.69) is 0 Å². The van der Waals surface area contributed by atoms with Crippen molar-refractivity contribution in [3.05, 3.63) is 23.3 Å². The van der Waals surface area contributed by atoms with Crippen molar-refractivity contribution in [1.82, 2.24) is 0 Å². The standard InChI is InChI=1S/C15H16O6/c1-15(19)5-9-10(6-21-15)14(18)12-8(13(9)17)3-7(16)4-11(12)20-2/h3-4,9-10,16,19H,5-6H2,1-2H3/t9?,10?,15-/m1/s1. The van der Waals surface area contributed by atoms with Crippen LogP contribution in [0.1, 0.15) is 34.1 Å². The van der Waals surface area contributed by atoms with Gasteiger partial charge in [0.25, 0.3) is 0 Å². The Morgan fingerprint density at radius 2 is 2.00 bits per heavy atom. The summed E-state index contributed by atoms with van der Waals surface area (Å²) in [6.45, 7) is 1.46. The molecule has 0 saturated carbocycles. The molecule has 0 radical (unpaired) electrons. The molecule has 21 heavy (non-hydrogen) atoms. The Hall–Kier alpha value is -1.92. The zero-order chi connectivity index (χ0) is 15.4. The number of carbonyl (C=O) groups excluding carboxylic acids is 2. The van der Waals surface area contributed by atoms with Gasteiger partial charge in [-0.05, 0) is 13.0 Å². The molecule has 2 aliphatic rings. The van der Waals surface area contributed by atoms with Gasteiger partial charge in [-0.3, -0.25) is 9.59 Å². The minimum atomic E-state index is -1.42. The highest BCUT2D eigenvalue weighted by Gasteiger charge is 2.49. The number of aliphatic hydroxyl groups is 1. The Kier molecular flexibility index (Phi) is 3.04. The van der Waals surface area contributed by atoms with Crippen molar-refractivity contribution in [2.45, 2.75) is 19.1 Å². The van der Waals surface area contributed by atoms with E-state index in [0.29, 0.717) is 0 Å². The van der Waals surface area contributed by atoms with Crippen LogP contribution >= 0.6 is 0 Å². The molecule has 1 aromatic rings. The number of ketones is 2. The molecule has 2 N–H and O–H groups in total. The number of methoxy groups -OCH3 is 1. The van der Waals surface area contributed by atoms with E-state index in [0.717, 1.165) is 0 Å². The third-order valence-corrected chi connectivity index (χ3v) is 4.15. The normalized spacial score (nSPS) is 31.6. The fourth-order valence-corrected chi connectivity index (χ4v) is 3.12. The number of rotatable bonds is 1. The van der Waals surface area contributed by atoms with Gasteiger partial charge >= 0.3 is 0 Å². The van der Waals surface area contributed by atoms with Crippen LogP contribution in [-0.2, 0) is 4.74 Å². The lowest BCUT2D eigenvalue weighted by Crippen LogP contribution is -2.50. The molecular weight excluding hydrogens is 276 g/mol. The first-order valence-electron chi connectivity index (χ1n) is 6.70. The van der Waals surface area contributed by atoms with Gasteiger partial charge in [-0.1, -0.05) is 0 Å². The molecular formula is C15H16O6. The summed E-state index contributed by atoms with van der Waals surface area (Å²) in [4.78, 5) is 25.2. The van der Waals surface area contributed by atoms with Crippen LogP contribution in [0.15, 0.2) is 12.1 Å². The average Bonchev–Trinajstić information content (AvgIpc) is 2.42. The summed E-state index contributed by atoms with van der Waals surface area (Å²) in [5.41, 5.74) is 0.336. The van der Waals surface area contributed by atoms with Crippen LogP contribution in [0.2, 0.25) is 0 Å². The van der Waals surface area contributed by atoms with Crippen molar-refractivity contribution < 1.29 is 29.3 Å². The molecule has 1 heterocycles. The van der Waals surface area contributed by atoms with E-state index in [4.69, 9.17) is 9.47 Å². The number of hydrogen-bond acceptors (Lipinski definition) is 6. The van der Waals surface area contributed by atoms with Crippen molar-refractivity contribution in [2.75, 3.05) is 13.7 Å². The Morgan fingerprint density at radius 3 is 2.67 bits per heavy atom. The van der Waals surface area contributed by atoms with Gasteiger partial charge in [-0.15, -0.1) is 0 Å². The highest BCUT2D eigenvalue weighted by molar-refractivity contribution is 6.17. The maximum absolute atomic E-state index is 12.6. The molecule has 0 amide bonds. The highest BCUT2D eigenvalue weighted by atomic mass is 16.6. The van der Waals surface area contributed by atoms with Gasteiger partial charge in [0.05, 0.1) is 25.2 Å². The van der Waals surface area contributed by atoms with Gasteiger partial charge in [0.15, 0.2) is 17.4 Å². The monoisotopic (exact) mass is 292 g/mol. The van der Waals surface area contributed by atoms with Gasteiger partial charge in [0.1, 0.15) is 11.5 Å². The fourth-order valence-electron chi connectivity index (χ4n) is 3.12. The summed E-state index contributed by atoms with van der Waals surface area (Å²) in [5.74, 6) is -3.16. The first-order chi connectivity index (χ1) is 9.84. The van der Waals surface area contributed by atoms with E-state index >= 15 is 0 Å². The summed E-state index contributed by atoms with van der Waals surface area (Å²) in [6.07, 6.45) is 0.0552. The number of hydrogen-bond donors (Lipinski definition) is 2. The second kappa shape index (κ2) is 4.54. The topological polar surface area (TPSA) is 93.1 Å². The number of carbonyl (C=O) groups is 2. The predicted octanol–water partition coefficient (Wildman–Crippen LogP) is 1.14. The molecule has 2 unspecified atom stereocenters. The van der Waals surface area contributed by atoms with Crippen LogP contribution in [0.3, 0.4) is 0 Å². The van der Waals surface area contributed by atoms with E-state index in [9.17, 15) is 19.8 Å². The second-order valence-corrected chi connectivity index (χ2v) is 5.70. The summed E-state index contributed by atoms with van der Waals surface area (Å²) >= 11 is 0. The Bertz CT molecular complexity index is 633. The molecule has 1 aliphatic heterocycles. The van der Waals surface area contributed by atoms with Gasteiger partial charge < -0.3 is 19.7 Å². The van der Waals surface area contributed by atoms with E-state index in [1.54, 1.807) is 0 Å². The van der Waals surface area contributed by atoms with Crippen molar-refractivity contribution >= 4 is 11.6 Å². The van der Waals surface area contributed by atoms with Crippen LogP contribution in [0.5, 0.6) is 11.5 Å². The lowest BCUT2D eigenvalue weighted by atomic mass is 9.70. The molecule has 1 aromatic carbocycles. The third-order valence-electron chi connectivity index (χ3n) is 4.15. The van der Waals surface area contributed by atoms with E-state index in [1.807, 2.05) is 0 Å². The number of benzene rings is 1. The quantitative estimate of drug-likeness (QED) is 0.806. The Labute approximate surface area is 121 Å². The summed E-state index contributed by atoms with van der Waals surface area (Å²) < 4.78 is 10.4. The lowest BCUT2D eigenvalue weighted by molar-refractivity contribution is -0.227. The first-order valence-corrected chi connectivity index (χ1v) is 6.70. The molecule has 3 atom stereocenters. The first kappa shape index (κ1) is 14.0. The summed E-state index contributed by atoms with van der Waals surface area (Å²) in [6, 6.07) is 2.59. The number of aromatic hydroxyl groups is 1. The molecule has 3 rings (SSSR count). The van der Waals surface area contributed by atoms with Gasteiger partial charge in [0, 0.05) is 24.0 Å². The van der Waals surface area contributed by atoms with Crippen LogP contribution in [-0.4, -0.2) is 41.3 Å². The number of phenols is 1. The lowest BCUT2D eigenvalue weighted by Gasteiger charge is -2.40. The molecule has 1 saturated heterocycles. The van der Waals surface area contributed by atoms with Crippen LogP contribution < -0.4 is 4.74 Å². The molecule has 6 nitrogen and oxygen atoms in total. The van der Waals surface area contributed by atoms with Gasteiger partial charge in [0.2, 0.25) is 0 Å². The minimum absolute atomic E-state index is 0.00822. The van der Waals surface area contributed by atoms with E-state index in [1.165, 1.54) is 26.2 Å². The van der Waals surface area contributed by atoms with Crippen LogP contribution in [0.4, 0.5) is 0 Å². The average molecular weight is 292 g/mol. The van der Waals surface area contributed by atoms with Crippen LogP contribution in [0, 0.1) is 11.8 Å². The van der Waals surface area contributed by atoms with E-state index < -0.39 is 17.6 Å². The summed E-state index contributed by atoms with van der Waals surface area (Å²) in [5, 5.41) is 19.6.